The Balaban J connectivity index is 1.14. The number of carbonyl (C=O) groups excluding carboxylic acids is 4. The van der Waals surface area contributed by atoms with Gasteiger partial charge in [0.25, 0.3) is 5.91 Å². The number of imide groups is 1. The molecule has 1 aromatic carbocycles. The van der Waals surface area contributed by atoms with Gasteiger partial charge in [0.2, 0.25) is 11.8 Å². The lowest BCUT2D eigenvalue weighted by Crippen LogP contribution is -2.52. The Morgan fingerprint density at radius 2 is 1.71 bits per heavy atom. The molecule has 0 bridgehead atoms. The lowest BCUT2D eigenvalue weighted by molar-refractivity contribution is -0.136. The molecule has 9 heteroatoms. The Hall–Kier alpha value is -2.94. The van der Waals surface area contributed by atoms with Crippen LogP contribution in [0.15, 0.2) is 18.2 Å². The van der Waals surface area contributed by atoms with Gasteiger partial charge >= 0.3 is 6.09 Å². The van der Waals surface area contributed by atoms with Crippen LogP contribution in [0.4, 0.5) is 4.79 Å². The molecule has 0 radical (unpaired) electrons. The van der Waals surface area contributed by atoms with Crippen molar-refractivity contribution in [1.29, 1.82) is 0 Å². The molecule has 4 aliphatic heterocycles. The van der Waals surface area contributed by atoms with E-state index in [1.54, 1.807) is 4.90 Å². The van der Waals surface area contributed by atoms with Gasteiger partial charge in [-0.05, 0) is 95.0 Å². The molecule has 0 saturated carbocycles. The number of nitrogens with one attached hydrogen (secondary N) is 1. The molecule has 9 nitrogen and oxygen atoms in total. The van der Waals surface area contributed by atoms with Crippen LogP contribution in [0.1, 0.15) is 86.7 Å². The van der Waals surface area contributed by atoms with Crippen LogP contribution in [-0.4, -0.2) is 82.9 Å². The topological polar surface area (TPSA) is 99.3 Å². The van der Waals surface area contributed by atoms with E-state index in [-0.39, 0.29) is 30.2 Å². The third-order valence-electron chi connectivity index (χ3n) is 8.43. The molecular formula is C29H40N4O5. The third-order valence-corrected chi connectivity index (χ3v) is 8.43. The molecular weight excluding hydrogens is 484 g/mol. The number of rotatable bonds is 4. The number of fused-ring (bicyclic) bond motifs is 1. The first kappa shape index (κ1) is 26.7. The number of hydrogen-bond donors (Lipinski definition) is 1. The molecule has 1 aromatic rings. The van der Waals surface area contributed by atoms with Crippen LogP contribution >= 0.6 is 0 Å². The summed E-state index contributed by atoms with van der Waals surface area (Å²) in [5, 5.41) is 2.38. The highest BCUT2D eigenvalue weighted by molar-refractivity contribution is 6.05. The minimum absolute atomic E-state index is 0.105. The molecule has 3 fully saturated rings. The Kier molecular flexibility index (Phi) is 7.49. The zero-order valence-electron chi connectivity index (χ0n) is 22.8. The van der Waals surface area contributed by atoms with Crippen molar-refractivity contribution < 1.29 is 23.9 Å². The summed E-state index contributed by atoms with van der Waals surface area (Å²) in [5.74, 6) is 0.243. The quantitative estimate of drug-likeness (QED) is 0.607. The summed E-state index contributed by atoms with van der Waals surface area (Å²) in [6.45, 7) is 10.7. The summed E-state index contributed by atoms with van der Waals surface area (Å²) < 4.78 is 5.52. The predicted octanol–water partition coefficient (Wildman–Crippen LogP) is 3.27. The van der Waals surface area contributed by atoms with Gasteiger partial charge in [-0.2, -0.15) is 0 Å². The van der Waals surface area contributed by atoms with Crippen molar-refractivity contribution in [3.8, 4) is 0 Å². The van der Waals surface area contributed by atoms with Gasteiger partial charge in [-0.25, -0.2) is 4.79 Å². The van der Waals surface area contributed by atoms with Crippen molar-refractivity contribution in [2.24, 2.45) is 5.92 Å². The van der Waals surface area contributed by atoms with E-state index in [4.69, 9.17) is 4.74 Å². The lowest BCUT2D eigenvalue weighted by Gasteiger charge is -2.38. The van der Waals surface area contributed by atoms with Crippen LogP contribution in [0.2, 0.25) is 0 Å². The molecule has 4 heterocycles. The van der Waals surface area contributed by atoms with Gasteiger partial charge in [0.1, 0.15) is 11.6 Å². The van der Waals surface area contributed by atoms with E-state index in [9.17, 15) is 19.2 Å². The van der Waals surface area contributed by atoms with E-state index >= 15 is 0 Å². The normalized spacial score (nSPS) is 24.0. The van der Waals surface area contributed by atoms with Crippen molar-refractivity contribution in [2.75, 3.05) is 32.7 Å². The van der Waals surface area contributed by atoms with Crippen LogP contribution in [0, 0.1) is 5.92 Å². The van der Waals surface area contributed by atoms with E-state index in [2.05, 4.69) is 16.3 Å². The maximum Gasteiger partial charge on any atom is 0.410 e. The second-order valence-corrected chi connectivity index (χ2v) is 12.3. The Labute approximate surface area is 224 Å². The fraction of sp³-hybridized carbons (Fsp3) is 0.655. The summed E-state index contributed by atoms with van der Waals surface area (Å²) >= 11 is 0. The Bertz CT molecular complexity index is 1100. The number of likely N-dealkylation sites (tertiary alicyclic amines) is 2. The highest BCUT2D eigenvalue weighted by atomic mass is 16.6. The SMILES string of the molecule is CC(C)(C)OC(=O)N1CCC(CN2CCC(c3cccc4c3CN(C3CCC(=O)NC3=O)C4=O)CC2)CC1. The first-order chi connectivity index (χ1) is 18.1. The van der Waals surface area contributed by atoms with Gasteiger partial charge in [0, 0.05) is 38.2 Å². The van der Waals surface area contributed by atoms with Crippen molar-refractivity contribution >= 4 is 23.8 Å². The second-order valence-electron chi connectivity index (χ2n) is 12.3. The number of carbonyl (C=O) groups is 4. The van der Waals surface area contributed by atoms with Gasteiger partial charge in [-0.3, -0.25) is 19.7 Å². The minimum atomic E-state index is -0.580. The van der Waals surface area contributed by atoms with Gasteiger partial charge < -0.3 is 19.4 Å². The van der Waals surface area contributed by atoms with Crippen LogP contribution in [0.25, 0.3) is 0 Å². The maximum atomic E-state index is 13.2. The van der Waals surface area contributed by atoms with Crippen molar-refractivity contribution in [2.45, 2.75) is 83.4 Å². The lowest BCUT2D eigenvalue weighted by atomic mass is 9.85. The van der Waals surface area contributed by atoms with E-state index < -0.39 is 11.6 Å². The van der Waals surface area contributed by atoms with Crippen LogP contribution in [0.3, 0.4) is 0 Å². The average Bonchev–Trinajstić information content (AvgIpc) is 3.20. The smallest absolute Gasteiger partial charge is 0.410 e. The van der Waals surface area contributed by atoms with Crippen molar-refractivity contribution in [3.63, 3.8) is 0 Å². The van der Waals surface area contributed by atoms with Gasteiger partial charge in [0.05, 0.1) is 0 Å². The number of hydrogen-bond acceptors (Lipinski definition) is 6. The first-order valence-corrected chi connectivity index (χ1v) is 14.1. The number of piperidine rings is 3. The highest BCUT2D eigenvalue weighted by Gasteiger charge is 2.40. The van der Waals surface area contributed by atoms with E-state index in [0.717, 1.165) is 64.0 Å². The van der Waals surface area contributed by atoms with Gasteiger partial charge in [-0.15, -0.1) is 0 Å². The second kappa shape index (κ2) is 10.7. The number of amides is 4. The van der Waals surface area contributed by atoms with E-state index in [1.807, 2.05) is 37.8 Å². The summed E-state index contributed by atoms with van der Waals surface area (Å²) in [6, 6.07) is 5.40. The molecule has 4 amide bonds. The third kappa shape index (κ3) is 5.72. The molecule has 0 aliphatic carbocycles. The summed E-state index contributed by atoms with van der Waals surface area (Å²) in [6.07, 6.45) is 4.53. The minimum Gasteiger partial charge on any atom is -0.444 e. The fourth-order valence-corrected chi connectivity index (χ4v) is 6.41. The Morgan fingerprint density at radius 3 is 2.37 bits per heavy atom. The van der Waals surface area contributed by atoms with Crippen molar-refractivity contribution in [3.05, 3.63) is 34.9 Å². The largest absolute Gasteiger partial charge is 0.444 e. The standard InChI is InChI=1S/C29H40N4O5/c1-29(2,3)38-28(37)32-15-9-19(10-16-32)17-31-13-11-20(12-14-31)21-5-4-6-22-23(21)18-33(27(22)36)24-7-8-25(34)30-26(24)35/h4-6,19-20,24H,7-18H2,1-3H3,(H,30,34,35). The monoisotopic (exact) mass is 524 g/mol. The fourth-order valence-electron chi connectivity index (χ4n) is 6.41. The summed E-state index contributed by atoms with van der Waals surface area (Å²) in [5.41, 5.74) is 2.52. The van der Waals surface area contributed by atoms with E-state index in [1.165, 1.54) is 5.56 Å². The first-order valence-electron chi connectivity index (χ1n) is 14.1. The van der Waals surface area contributed by atoms with Crippen molar-refractivity contribution in [1.82, 2.24) is 20.0 Å². The summed E-state index contributed by atoms with van der Waals surface area (Å²) in [4.78, 5) is 55.6. The molecule has 0 spiro atoms. The number of ether oxygens (including phenoxy) is 1. The zero-order valence-corrected chi connectivity index (χ0v) is 22.8. The zero-order chi connectivity index (χ0) is 27.0. The molecule has 0 aromatic heterocycles. The molecule has 38 heavy (non-hydrogen) atoms. The molecule has 206 valence electrons. The predicted molar refractivity (Wildman–Crippen MR) is 141 cm³/mol. The molecule has 1 unspecified atom stereocenters. The van der Waals surface area contributed by atoms with Gasteiger partial charge in [-0.1, -0.05) is 12.1 Å². The molecule has 3 saturated heterocycles. The van der Waals surface area contributed by atoms with Gasteiger partial charge in [0.15, 0.2) is 0 Å². The number of nitrogens with zero attached hydrogens (tertiary/aromatic N) is 3. The summed E-state index contributed by atoms with van der Waals surface area (Å²) in [7, 11) is 0. The van der Waals surface area contributed by atoms with Crippen LogP contribution in [-0.2, 0) is 20.9 Å². The van der Waals surface area contributed by atoms with Crippen LogP contribution < -0.4 is 5.32 Å². The molecule has 4 aliphatic rings. The molecule has 1 atom stereocenters. The Morgan fingerprint density at radius 1 is 1.00 bits per heavy atom. The average molecular weight is 525 g/mol. The highest BCUT2D eigenvalue weighted by Crippen LogP contribution is 2.37. The number of benzene rings is 1. The molecule has 1 N–H and O–H groups in total. The molecule has 5 rings (SSSR count). The van der Waals surface area contributed by atoms with E-state index in [0.29, 0.717) is 30.4 Å². The van der Waals surface area contributed by atoms with Crippen LogP contribution in [0.5, 0.6) is 0 Å². The maximum absolute atomic E-state index is 13.2.